The Morgan fingerprint density at radius 1 is 1.08 bits per heavy atom. The Balaban J connectivity index is 2.17. The summed E-state index contributed by atoms with van der Waals surface area (Å²) in [5, 5.41) is 2.25. The molecule has 0 fully saturated rings. The van der Waals surface area contributed by atoms with Crippen LogP contribution in [0.3, 0.4) is 0 Å². The van der Waals surface area contributed by atoms with E-state index in [4.69, 9.17) is 16.3 Å². The Morgan fingerprint density at radius 3 is 2.50 bits per heavy atom. The van der Waals surface area contributed by atoms with Gasteiger partial charge in [0, 0.05) is 5.02 Å². The van der Waals surface area contributed by atoms with Crippen molar-refractivity contribution < 1.29 is 13.2 Å². The first kappa shape index (κ1) is 18.3. The lowest BCUT2D eigenvalue weighted by molar-refractivity contribution is 0.415. The molecule has 6 heteroatoms. The van der Waals surface area contributed by atoms with Gasteiger partial charge in [-0.1, -0.05) is 48.0 Å². The van der Waals surface area contributed by atoms with Gasteiger partial charge in [0.15, 0.2) is 0 Å². The summed E-state index contributed by atoms with van der Waals surface area (Å²) in [6.07, 6.45) is 1.53. The molecule has 0 aromatic heterocycles. The Bertz CT molecular complexity index is 1060. The van der Waals surface area contributed by atoms with Crippen LogP contribution in [0.1, 0.15) is 0 Å². The quantitative estimate of drug-likeness (QED) is 0.566. The number of fused-ring (bicyclic) bond motifs is 1. The normalized spacial score (nSPS) is 11.3. The Kier molecular flexibility index (Phi) is 5.20. The number of halogens is 1. The first-order chi connectivity index (χ1) is 12.5. The number of benzene rings is 3. The van der Waals surface area contributed by atoms with Crippen LogP contribution in [0, 0.1) is 0 Å². The van der Waals surface area contributed by atoms with Gasteiger partial charge in [0.1, 0.15) is 5.75 Å². The van der Waals surface area contributed by atoms with Gasteiger partial charge in [0.2, 0.25) is 0 Å². The molecule has 0 radical (unpaired) electrons. The van der Waals surface area contributed by atoms with Gasteiger partial charge < -0.3 is 4.74 Å². The van der Waals surface area contributed by atoms with Crippen LogP contribution in [0.15, 0.2) is 78.2 Å². The lowest BCUT2D eigenvalue weighted by Crippen LogP contribution is -2.31. The highest BCUT2D eigenvalue weighted by Gasteiger charge is 2.27. The average Bonchev–Trinajstić information content (AvgIpc) is 2.65. The maximum atomic E-state index is 13.3. The van der Waals surface area contributed by atoms with Crippen molar-refractivity contribution in [3.05, 3.63) is 78.3 Å². The molecule has 0 aliphatic rings. The van der Waals surface area contributed by atoms with Gasteiger partial charge in [-0.15, -0.1) is 6.58 Å². The molecule has 0 N–H and O–H groups in total. The van der Waals surface area contributed by atoms with E-state index in [1.165, 1.54) is 17.5 Å². The van der Waals surface area contributed by atoms with Gasteiger partial charge in [-0.3, -0.25) is 4.31 Å². The monoisotopic (exact) mass is 387 g/mol. The van der Waals surface area contributed by atoms with Gasteiger partial charge in [0.25, 0.3) is 10.0 Å². The highest BCUT2D eigenvalue weighted by Crippen LogP contribution is 2.35. The molecule has 0 atom stereocenters. The first-order valence-electron chi connectivity index (χ1n) is 7.93. The lowest BCUT2D eigenvalue weighted by atomic mass is 10.1. The summed E-state index contributed by atoms with van der Waals surface area (Å²) in [5.41, 5.74) is 0.369. The second-order valence-corrected chi connectivity index (χ2v) is 7.95. The van der Waals surface area contributed by atoms with Gasteiger partial charge in [-0.25, -0.2) is 8.42 Å². The molecule has 0 aliphatic heterocycles. The molecule has 0 saturated carbocycles. The highest BCUT2D eigenvalue weighted by atomic mass is 35.5. The molecule has 4 nitrogen and oxygen atoms in total. The van der Waals surface area contributed by atoms with E-state index < -0.39 is 10.0 Å². The van der Waals surface area contributed by atoms with Crippen molar-refractivity contribution in [1.82, 2.24) is 0 Å². The van der Waals surface area contributed by atoms with E-state index in [0.29, 0.717) is 16.5 Å². The predicted molar refractivity (Wildman–Crippen MR) is 107 cm³/mol. The molecule has 3 rings (SSSR count). The Labute approximate surface area is 158 Å². The van der Waals surface area contributed by atoms with Crippen molar-refractivity contribution in [2.75, 3.05) is 18.0 Å². The van der Waals surface area contributed by atoms with E-state index in [-0.39, 0.29) is 11.4 Å². The summed E-state index contributed by atoms with van der Waals surface area (Å²) < 4.78 is 33.2. The van der Waals surface area contributed by atoms with Gasteiger partial charge >= 0.3 is 0 Å². The van der Waals surface area contributed by atoms with E-state index in [9.17, 15) is 8.42 Å². The molecule has 3 aromatic rings. The van der Waals surface area contributed by atoms with Crippen molar-refractivity contribution in [3.8, 4) is 5.75 Å². The van der Waals surface area contributed by atoms with Crippen LogP contribution in [0.4, 0.5) is 5.69 Å². The summed E-state index contributed by atoms with van der Waals surface area (Å²) in [5.74, 6) is 0.417. The smallest absolute Gasteiger partial charge is 0.264 e. The molecule has 0 aliphatic carbocycles. The van der Waals surface area contributed by atoms with Crippen LogP contribution in [0.2, 0.25) is 5.02 Å². The summed E-state index contributed by atoms with van der Waals surface area (Å²) in [6.45, 7) is 3.77. The number of ether oxygens (including phenoxy) is 1. The second kappa shape index (κ2) is 7.40. The molecule has 0 unspecified atom stereocenters. The summed E-state index contributed by atoms with van der Waals surface area (Å²) in [6, 6.07) is 17.5. The summed E-state index contributed by atoms with van der Waals surface area (Å²) in [7, 11) is -2.35. The maximum Gasteiger partial charge on any atom is 0.264 e. The summed E-state index contributed by atoms with van der Waals surface area (Å²) >= 11 is 6.09. The van der Waals surface area contributed by atoms with Crippen LogP contribution < -0.4 is 9.04 Å². The molecule has 0 amide bonds. The standard InChI is InChI=1S/C20H18ClNO3S/c1-3-12-22(19-14-17(21)9-11-20(19)25-2)26(23,24)18-10-8-15-6-4-5-7-16(15)13-18/h3-11,13-14H,1,12H2,2H3. The topological polar surface area (TPSA) is 46.6 Å². The van der Waals surface area contributed by atoms with Crippen LogP contribution in [0.25, 0.3) is 10.8 Å². The fourth-order valence-electron chi connectivity index (χ4n) is 2.76. The molecular weight excluding hydrogens is 370 g/mol. The molecule has 0 spiro atoms. The van der Waals surface area contributed by atoms with Gasteiger partial charge in [-0.2, -0.15) is 0 Å². The molecular formula is C20H18ClNO3S. The zero-order valence-corrected chi connectivity index (χ0v) is 15.8. The van der Waals surface area contributed by atoms with Crippen LogP contribution in [-0.4, -0.2) is 22.1 Å². The first-order valence-corrected chi connectivity index (χ1v) is 9.75. The van der Waals surface area contributed by atoms with Crippen molar-refractivity contribution >= 4 is 38.1 Å². The minimum Gasteiger partial charge on any atom is -0.495 e. The molecule has 134 valence electrons. The molecule has 0 bridgehead atoms. The van der Waals surface area contributed by atoms with E-state index in [1.807, 2.05) is 24.3 Å². The molecule has 0 heterocycles. The summed E-state index contributed by atoms with van der Waals surface area (Å²) in [4.78, 5) is 0.195. The third-order valence-corrected chi connectivity index (χ3v) is 6.02. The molecule has 0 saturated heterocycles. The zero-order chi connectivity index (χ0) is 18.7. The van der Waals surface area contributed by atoms with E-state index in [1.54, 1.807) is 36.4 Å². The number of methoxy groups -OCH3 is 1. The second-order valence-electron chi connectivity index (χ2n) is 5.65. The van der Waals surface area contributed by atoms with Crippen LogP contribution in [0.5, 0.6) is 5.75 Å². The number of hydrogen-bond acceptors (Lipinski definition) is 3. The van der Waals surface area contributed by atoms with Gasteiger partial charge in [0.05, 0.1) is 24.2 Å². The average molecular weight is 388 g/mol. The molecule has 3 aromatic carbocycles. The third kappa shape index (κ3) is 3.41. The van der Waals surface area contributed by atoms with Gasteiger partial charge in [-0.05, 0) is 41.1 Å². The van der Waals surface area contributed by atoms with E-state index in [0.717, 1.165) is 10.8 Å². The van der Waals surface area contributed by atoms with Crippen LogP contribution >= 0.6 is 11.6 Å². The number of anilines is 1. The maximum absolute atomic E-state index is 13.3. The lowest BCUT2D eigenvalue weighted by Gasteiger charge is -2.25. The molecule has 26 heavy (non-hydrogen) atoms. The number of hydrogen-bond donors (Lipinski definition) is 0. The van der Waals surface area contributed by atoms with Crippen molar-refractivity contribution in [1.29, 1.82) is 0 Å². The predicted octanol–water partition coefficient (Wildman–Crippen LogP) is 4.88. The number of rotatable bonds is 6. The van der Waals surface area contributed by atoms with Crippen molar-refractivity contribution in [2.45, 2.75) is 4.90 Å². The number of nitrogens with zero attached hydrogens (tertiary/aromatic N) is 1. The van der Waals surface area contributed by atoms with E-state index in [2.05, 4.69) is 6.58 Å². The third-order valence-electron chi connectivity index (χ3n) is 4.01. The van der Waals surface area contributed by atoms with Crippen LogP contribution in [-0.2, 0) is 10.0 Å². The largest absolute Gasteiger partial charge is 0.495 e. The minimum absolute atomic E-state index is 0.0891. The minimum atomic E-state index is -3.83. The fourth-order valence-corrected chi connectivity index (χ4v) is 4.40. The van der Waals surface area contributed by atoms with Crippen molar-refractivity contribution in [2.24, 2.45) is 0 Å². The Hall–Kier alpha value is -2.50. The SMILES string of the molecule is C=CCN(c1cc(Cl)ccc1OC)S(=O)(=O)c1ccc2ccccc2c1. The zero-order valence-electron chi connectivity index (χ0n) is 14.2. The van der Waals surface area contributed by atoms with E-state index >= 15 is 0 Å². The Morgan fingerprint density at radius 2 is 1.81 bits per heavy atom. The number of sulfonamides is 1. The fraction of sp³-hybridized carbons (Fsp3) is 0.100. The highest BCUT2D eigenvalue weighted by molar-refractivity contribution is 7.92. The van der Waals surface area contributed by atoms with Crippen molar-refractivity contribution in [3.63, 3.8) is 0 Å².